The van der Waals surface area contributed by atoms with E-state index in [2.05, 4.69) is 54.8 Å². The van der Waals surface area contributed by atoms with Crippen LogP contribution in [0, 0.1) is 19.3 Å². The zero-order chi connectivity index (χ0) is 20.9. The topological polar surface area (TPSA) is 53.6 Å². The number of anilines is 2. The molecule has 156 valence electrons. The number of benzene rings is 2. The number of hydrogen-bond donors (Lipinski definition) is 2. The number of nitrogens with one attached hydrogen (secondary N) is 2. The second-order valence-corrected chi connectivity index (χ2v) is 8.91. The first-order valence-electron chi connectivity index (χ1n) is 10.8. The average Bonchev–Trinajstić information content (AvgIpc) is 3.40. The summed E-state index contributed by atoms with van der Waals surface area (Å²) in [6.45, 7) is 4.89. The van der Waals surface area contributed by atoms with Gasteiger partial charge in [-0.2, -0.15) is 0 Å². The van der Waals surface area contributed by atoms with Gasteiger partial charge in [-0.25, -0.2) is 4.79 Å². The van der Waals surface area contributed by atoms with Gasteiger partial charge in [0.2, 0.25) is 0 Å². The van der Waals surface area contributed by atoms with E-state index in [0.29, 0.717) is 12.6 Å². The van der Waals surface area contributed by atoms with Crippen molar-refractivity contribution in [1.29, 1.82) is 0 Å². The molecule has 1 heterocycles. The lowest BCUT2D eigenvalue weighted by molar-refractivity contribution is 0.145. The third-order valence-electron chi connectivity index (χ3n) is 7.09. The van der Waals surface area contributed by atoms with E-state index >= 15 is 0 Å². The quantitative estimate of drug-likeness (QED) is 0.699. The summed E-state index contributed by atoms with van der Waals surface area (Å²) in [5.41, 5.74) is 7.17. The van der Waals surface area contributed by atoms with E-state index in [1.165, 1.54) is 16.8 Å². The number of rotatable bonds is 4. The summed E-state index contributed by atoms with van der Waals surface area (Å²) in [5, 5.41) is 6.68. The van der Waals surface area contributed by atoms with E-state index < -0.39 is 0 Å². The molecule has 1 saturated carbocycles. The molecule has 2 amide bonds. The number of allylic oxidation sites excluding steroid dienone is 2. The van der Waals surface area contributed by atoms with Crippen LogP contribution in [0.15, 0.2) is 48.2 Å². The molecule has 2 aromatic carbocycles. The summed E-state index contributed by atoms with van der Waals surface area (Å²) in [7, 11) is 1.71. The molecule has 2 N–H and O–H groups in total. The number of carbonyl (C=O) groups is 1. The van der Waals surface area contributed by atoms with E-state index in [1.54, 1.807) is 7.11 Å². The van der Waals surface area contributed by atoms with Gasteiger partial charge in [0.05, 0.1) is 13.7 Å². The zero-order valence-electron chi connectivity index (χ0n) is 17.9. The molecule has 5 nitrogen and oxygen atoms in total. The van der Waals surface area contributed by atoms with Gasteiger partial charge in [0.15, 0.2) is 0 Å². The number of hydrogen-bond acceptors (Lipinski definition) is 3. The molecule has 0 unspecified atom stereocenters. The Morgan fingerprint density at radius 1 is 1.13 bits per heavy atom. The summed E-state index contributed by atoms with van der Waals surface area (Å²) in [4.78, 5) is 14.8. The monoisotopic (exact) mass is 403 g/mol. The van der Waals surface area contributed by atoms with Crippen LogP contribution in [0.3, 0.4) is 0 Å². The van der Waals surface area contributed by atoms with Crippen molar-refractivity contribution in [2.75, 3.05) is 17.7 Å². The van der Waals surface area contributed by atoms with E-state index in [-0.39, 0.29) is 11.4 Å². The fourth-order valence-corrected chi connectivity index (χ4v) is 5.05. The minimum Gasteiger partial charge on any atom is -0.496 e. The van der Waals surface area contributed by atoms with Gasteiger partial charge in [0.25, 0.3) is 0 Å². The summed E-state index contributed by atoms with van der Waals surface area (Å²) in [6, 6.07) is 12.7. The Kier molecular flexibility index (Phi) is 4.49. The highest BCUT2D eigenvalue weighted by atomic mass is 16.5. The van der Waals surface area contributed by atoms with Gasteiger partial charge < -0.3 is 20.3 Å². The van der Waals surface area contributed by atoms with Crippen LogP contribution in [0.2, 0.25) is 0 Å². The van der Waals surface area contributed by atoms with E-state index in [4.69, 9.17) is 4.74 Å². The summed E-state index contributed by atoms with van der Waals surface area (Å²) >= 11 is 0. The van der Waals surface area contributed by atoms with Crippen molar-refractivity contribution in [3.63, 3.8) is 0 Å². The average molecular weight is 404 g/mol. The number of methoxy groups -OCH3 is 1. The second kappa shape index (κ2) is 7.08. The van der Waals surface area contributed by atoms with Gasteiger partial charge in [0.1, 0.15) is 5.75 Å². The van der Waals surface area contributed by atoms with Crippen molar-refractivity contribution in [2.45, 2.75) is 52.1 Å². The van der Waals surface area contributed by atoms with E-state index in [9.17, 15) is 4.79 Å². The standard InChI is InChI=1S/C25H29N3O2/c1-16-5-4-6-21-20(16)15-28(24(29)27-21)19-9-11-25(12-10-19)14-23(25)26-18-8-7-17(2)22(13-18)30-3/h4-8,13-14,19,26H,9-12,15H2,1-3H3,(H,27,29). The van der Waals surface area contributed by atoms with Gasteiger partial charge in [-0.05, 0) is 68.4 Å². The third-order valence-corrected chi connectivity index (χ3v) is 7.09. The van der Waals surface area contributed by atoms with Crippen LogP contribution in [-0.4, -0.2) is 24.1 Å². The van der Waals surface area contributed by atoms with Gasteiger partial charge in [-0.15, -0.1) is 0 Å². The number of nitrogens with zero attached hydrogens (tertiary/aromatic N) is 1. The van der Waals surface area contributed by atoms with Gasteiger partial charge in [-0.1, -0.05) is 24.3 Å². The molecule has 5 rings (SSSR count). The second-order valence-electron chi connectivity index (χ2n) is 8.91. The lowest BCUT2D eigenvalue weighted by Gasteiger charge is -2.40. The first kappa shape index (κ1) is 19.0. The number of fused-ring (bicyclic) bond motifs is 1. The summed E-state index contributed by atoms with van der Waals surface area (Å²) < 4.78 is 5.45. The van der Waals surface area contributed by atoms with Crippen molar-refractivity contribution < 1.29 is 9.53 Å². The molecule has 0 radical (unpaired) electrons. The fraction of sp³-hybridized carbons (Fsp3) is 0.400. The SMILES string of the molecule is COc1cc(NC2=CC23CCC(N2Cc4c(C)cccc4NC2=O)CC3)ccc1C. The zero-order valence-corrected chi connectivity index (χ0v) is 17.9. The molecule has 5 heteroatoms. The van der Waals surface area contributed by atoms with Crippen LogP contribution in [0.5, 0.6) is 5.75 Å². The Morgan fingerprint density at radius 2 is 1.93 bits per heavy atom. The highest BCUT2D eigenvalue weighted by molar-refractivity contribution is 5.92. The van der Waals surface area contributed by atoms with Crippen LogP contribution >= 0.6 is 0 Å². The highest BCUT2D eigenvalue weighted by Crippen LogP contribution is 2.55. The van der Waals surface area contributed by atoms with Crippen molar-refractivity contribution >= 4 is 17.4 Å². The summed E-state index contributed by atoms with van der Waals surface area (Å²) in [5.74, 6) is 0.908. The minimum absolute atomic E-state index is 0.0444. The van der Waals surface area contributed by atoms with Crippen LogP contribution < -0.4 is 15.4 Å². The maximum atomic E-state index is 12.7. The fourth-order valence-electron chi connectivity index (χ4n) is 5.05. The maximum Gasteiger partial charge on any atom is 0.322 e. The molecule has 0 aromatic heterocycles. The van der Waals surface area contributed by atoms with Gasteiger partial charge >= 0.3 is 6.03 Å². The molecule has 0 saturated heterocycles. The molecule has 0 bridgehead atoms. The smallest absolute Gasteiger partial charge is 0.322 e. The van der Waals surface area contributed by atoms with Crippen LogP contribution in [0.25, 0.3) is 0 Å². The Labute approximate surface area is 178 Å². The Bertz CT molecular complexity index is 1030. The van der Waals surface area contributed by atoms with Crippen molar-refractivity contribution in [2.24, 2.45) is 5.41 Å². The largest absolute Gasteiger partial charge is 0.496 e. The molecule has 1 fully saturated rings. The Balaban J connectivity index is 1.22. The highest BCUT2D eigenvalue weighted by Gasteiger charge is 2.48. The van der Waals surface area contributed by atoms with Gasteiger partial charge in [-0.3, -0.25) is 0 Å². The van der Waals surface area contributed by atoms with Crippen molar-refractivity contribution in [3.05, 3.63) is 64.9 Å². The third kappa shape index (κ3) is 3.22. The maximum absolute atomic E-state index is 12.7. The molecule has 30 heavy (non-hydrogen) atoms. The molecule has 2 aliphatic carbocycles. The first-order chi connectivity index (χ1) is 14.5. The van der Waals surface area contributed by atoms with E-state index in [1.807, 2.05) is 17.0 Å². The first-order valence-corrected chi connectivity index (χ1v) is 10.8. The molecular weight excluding hydrogens is 374 g/mol. The number of ether oxygens (including phenoxy) is 1. The normalized spacial score (nSPS) is 24.8. The number of urea groups is 1. The number of aryl methyl sites for hydroxylation is 2. The number of carbonyl (C=O) groups excluding carboxylic acids is 1. The van der Waals surface area contributed by atoms with Crippen LogP contribution in [0.1, 0.15) is 42.4 Å². The predicted octanol–water partition coefficient (Wildman–Crippen LogP) is 5.60. The van der Waals surface area contributed by atoms with Crippen LogP contribution in [-0.2, 0) is 6.54 Å². The lowest BCUT2D eigenvalue weighted by atomic mass is 9.80. The molecular formula is C25H29N3O2. The molecule has 2 aromatic rings. The summed E-state index contributed by atoms with van der Waals surface area (Å²) in [6.07, 6.45) is 6.62. The van der Waals surface area contributed by atoms with Crippen molar-refractivity contribution in [1.82, 2.24) is 4.90 Å². The lowest BCUT2D eigenvalue weighted by Crippen LogP contribution is -2.47. The Morgan fingerprint density at radius 3 is 2.70 bits per heavy atom. The van der Waals surface area contributed by atoms with Crippen molar-refractivity contribution in [3.8, 4) is 5.75 Å². The van der Waals surface area contributed by atoms with Gasteiger partial charge in [0, 0.05) is 34.6 Å². The molecule has 0 atom stereocenters. The molecule has 1 aliphatic heterocycles. The molecule has 1 spiro atoms. The predicted molar refractivity (Wildman–Crippen MR) is 120 cm³/mol. The molecule has 3 aliphatic rings. The van der Waals surface area contributed by atoms with Crippen LogP contribution in [0.4, 0.5) is 16.2 Å². The number of amides is 2. The Hall–Kier alpha value is -2.95. The minimum atomic E-state index is 0.0444. The van der Waals surface area contributed by atoms with E-state index in [0.717, 1.165) is 48.4 Å².